The van der Waals surface area contributed by atoms with E-state index in [0.717, 1.165) is 67.9 Å². The summed E-state index contributed by atoms with van der Waals surface area (Å²) < 4.78 is 35.1. The van der Waals surface area contributed by atoms with E-state index in [9.17, 15) is 4.79 Å². The van der Waals surface area contributed by atoms with Crippen molar-refractivity contribution < 1.29 is 33.2 Å². The number of benzene rings is 2. The van der Waals surface area contributed by atoms with E-state index in [4.69, 9.17) is 28.4 Å². The number of ether oxygens (including phenoxy) is 6. The smallest absolute Gasteiger partial charge is 0.248 e. The average Bonchev–Trinajstić information content (AvgIpc) is 3.06. The van der Waals surface area contributed by atoms with E-state index in [1.165, 1.54) is 5.56 Å². The topological polar surface area (TPSA) is 78.9 Å². The molecule has 0 unspecified atom stereocenters. The van der Waals surface area contributed by atoms with Crippen LogP contribution in [0.3, 0.4) is 0 Å². The maximum Gasteiger partial charge on any atom is 0.248 e. The van der Waals surface area contributed by atoms with Crippen LogP contribution in [-0.2, 0) is 41.7 Å². The number of rotatable bonds is 18. The summed E-state index contributed by atoms with van der Waals surface area (Å²) in [5, 5.41) is 0. The van der Waals surface area contributed by atoms with E-state index in [1.807, 2.05) is 18.7 Å². The Labute approximate surface area is 263 Å². The molecule has 9 heteroatoms. The third-order valence-corrected chi connectivity index (χ3v) is 8.60. The second kappa shape index (κ2) is 18.3. The number of carbonyl (C=O) groups is 1. The van der Waals surface area contributed by atoms with Gasteiger partial charge < -0.3 is 38.2 Å². The fourth-order valence-electron chi connectivity index (χ4n) is 6.18. The van der Waals surface area contributed by atoms with Crippen molar-refractivity contribution in [2.75, 3.05) is 78.3 Å². The van der Waals surface area contributed by atoms with Gasteiger partial charge in [0.1, 0.15) is 19.0 Å². The molecule has 2 aromatic rings. The van der Waals surface area contributed by atoms with Gasteiger partial charge in [-0.1, -0.05) is 30.3 Å². The van der Waals surface area contributed by atoms with Crippen LogP contribution >= 0.6 is 0 Å². The molecule has 0 bridgehead atoms. The fraction of sp³-hybridized carbons (Fsp3) is 0.629. The number of carbonyl (C=O) groups excluding carboxylic acids is 1. The number of nitrogens with zero attached hydrogens (tertiary/aromatic N) is 2. The van der Waals surface area contributed by atoms with Crippen LogP contribution in [-0.4, -0.2) is 96.4 Å². The minimum atomic E-state index is -0.106. The fourth-order valence-corrected chi connectivity index (χ4v) is 6.18. The Morgan fingerprint density at radius 3 is 2.36 bits per heavy atom. The Morgan fingerprint density at radius 1 is 0.909 bits per heavy atom. The largest absolute Gasteiger partial charge is 0.490 e. The summed E-state index contributed by atoms with van der Waals surface area (Å²) in [6, 6.07) is 14.9. The molecule has 1 amide bonds. The first kappa shape index (κ1) is 34.2. The Hall–Kier alpha value is -2.69. The number of hydrogen-bond acceptors (Lipinski definition) is 8. The second-order valence-corrected chi connectivity index (χ2v) is 11.5. The molecule has 0 aromatic heterocycles. The van der Waals surface area contributed by atoms with Crippen LogP contribution in [0.5, 0.6) is 5.75 Å². The Bertz CT molecular complexity index is 1120. The number of amides is 1. The highest BCUT2D eigenvalue weighted by Gasteiger charge is 2.36. The molecule has 1 heterocycles. The number of likely N-dealkylation sites (N-methyl/N-ethyl adjacent to an activating group) is 1. The molecule has 0 saturated heterocycles. The van der Waals surface area contributed by atoms with Gasteiger partial charge in [-0.3, -0.25) is 4.79 Å². The van der Waals surface area contributed by atoms with Gasteiger partial charge in [-0.25, -0.2) is 0 Å². The normalized spacial score (nSPS) is 19.8. The molecule has 0 spiro atoms. The first-order valence-electron chi connectivity index (χ1n) is 16.2. The predicted octanol–water partition coefficient (Wildman–Crippen LogP) is 5.19. The molecule has 3 atom stereocenters. The molecule has 0 N–H and O–H groups in total. The Morgan fingerprint density at radius 2 is 1.64 bits per heavy atom. The maximum atomic E-state index is 12.8. The highest BCUT2D eigenvalue weighted by molar-refractivity contribution is 5.77. The SMILES string of the molecule is CCN(CC)C(=O)CO[C@@H]1CCC[C@H](OCc2ccc3c(c2)N(CCCOC)CCO3)[C@H]1c1ccc(COCCOC)cc1. The standard InChI is InChI=1S/C35H52N2O7/c1-5-36(6-2)34(38)26-44-33-10-7-9-32(35(33)29-14-11-27(12-15-29)24-41-22-21-40-4)43-25-28-13-16-31-30(23-28)37(18-20-42-31)17-8-19-39-3/h11-16,23,32-33,35H,5-10,17-22,24-26H2,1-4H3/t32-,33+,35+/m0/s1. The Kier molecular flexibility index (Phi) is 14.2. The summed E-state index contributed by atoms with van der Waals surface area (Å²) in [5.41, 5.74) is 4.51. The van der Waals surface area contributed by atoms with E-state index in [-0.39, 0.29) is 30.6 Å². The molecule has 2 aromatic carbocycles. The maximum absolute atomic E-state index is 12.8. The van der Waals surface area contributed by atoms with Gasteiger partial charge in [0.2, 0.25) is 5.91 Å². The molecular weight excluding hydrogens is 560 g/mol. The zero-order valence-corrected chi connectivity index (χ0v) is 27.1. The van der Waals surface area contributed by atoms with Crippen molar-refractivity contribution in [1.29, 1.82) is 0 Å². The minimum Gasteiger partial charge on any atom is -0.490 e. The lowest BCUT2D eigenvalue weighted by Gasteiger charge is -2.38. The molecule has 244 valence electrons. The van der Waals surface area contributed by atoms with Gasteiger partial charge in [-0.05, 0) is 68.4 Å². The van der Waals surface area contributed by atoms with E-state index >= 15 is 0 Å². The van der Waals surface area contributed by atoms with Gasteiger partial charge >= 0.3 is 0 Å². The first-order valence-corrected chi connectivity index (χ1v) is 16.2. The van der Waals surface area contributed by atoms with Crippen molar-refractivity contribution in [3.8, 4) is 5.75 Å². The Balaban J connectivity index is 1.48. The number of hydrogen-bond donors (Lipinski definition) is 0. The van der Waals surface area contributed by atoms with Gasteiger partial charge in [0.15, 0.2) is 0 Å². The summed E-state index contributed by atoms with van der Waals surface area (Å²) in [4.78, 5) is 17.0. The summed E-state index contributed by atoms with van der Waals surface area (Å²) in [6.45, 7) is 10.9. The van der Waals surface area contributed by atoms with Crippen LogP contribution in [0.1, 0.15) is 62.1 Å². The molecule has 1 fully saturated rings. The van der Waals surface area contributed by atoms with Gasteiger partial charge in [0, 0.05) is 46.4 Å². The van der Waals surface area contributed by atoms with Gasteiger partial charge in [-0.2, -0.15) is 0 Å². The number of anilines is 1. The second-order valence-electron chi connectivity index (χ2n) is 11.5. The third-order valence-electron chi connectivity index (χ3n) is 8.60. The number of methoxy groups -OCH3 is 2. The van der Waals surface area contributed by atoms with Crippen molar-refractivity contribution in [1.82, 2.24) is 4.90 Å². The lowest BCUT2D eigenvalue weighted by molar-refractivity contribution is -0.141. The van der Waals surface area contributed by atoms with Crippen LogP contribution in [0.4, 0.5) is 5.69 Å². The van der Waals surface area contributed by atoms with Crippen LogP contribution in [0.2, 0.25) is 0 Å². The van der Waals surface area contributed by atoms with Gasteiger partial charge in [0.25, 0.3) is 0 Å². The quantitative estimate of drug-likeness (QED) is 0.213. The molecule has 44 heavy (non-hydrogen) atoms. The van der Waals surface area contributed by atoms with E-state index in [1.54, 1.807) is 14.2 Å². The summed E-state index contributed by atoms with van der Waals surface area (Å²) in [5.74, 6) is 0.973. The van der Waals surface area contributed by atoms with Crippen LogP contribution < -0.4 is 9.64 Å². The zero-order chi connectivity index (χ0) is 31.1. The molecular formula is C35H52N2O7. The lowest BCUT2D eigenvalue weighted by Crippen LogP contribution is -2.40. The highest BCUT2D eigenvalue weighted by atomic mass is 16.5. The van der Waals surface area contributed by atoms with Crippen LogP contribution in [0, 0.1) is 0 Å². The van der Waals surface area contributed by atoms with Gasteiger partial charge in [-0.15, -0.1) is 0 Å². The van der Waals surface area contributed by atoms with Crippen molar-refractivity contribution in [3.05, 3.63) is 59.2 Å². The minimum absolute atomic E-state index is 0.0169. The van der Waals surface area contributed by atoms with Crippen molar-refractivity contribution in [2.45, 2.75) is 70.9 Å². The van der Waals surface area contributed by atoms with E-state index in [0.29, 0.717) is 46.1 Å². The first-order chi connectivity index (χ1) is 21.6. The van der Waals surface area contributed by atoms with Gasteiger partial charge in [0.05, 0.1) is 50.9 Å². The molecule has 1 saturated carbocycles. The summed E-state index contributed by atoms with van der Waals surface area (Å²) in [6.07, 6.45) is 3.65. The van der Waals surface area contributed by atoms with E-state index < -0.39 is 0 Å². The average molecular weight is 613 g/mol. The molecule has 1 aliphatic carbocycles. The highest BCUT2D eigenvalue weighted by Crippen LogP contribution is 2.39. The molecule has 2 aliphatic rings. The molecule has 9 nitrogen and oxygen atoms in total. The summed E-state index contributed by atoms with van der Waals surface area (Å²) >= 11 is 0. The van der Waals surface area contributed by atoms with Crippen LogP contribution in [0.15, 0.2) is 42.5 Å². The molecule has 1 aliphatic heterocycles. The summed E-state index contributed by atoms with van der Waals surface area (Å²) in [7, 11) is 3.42. The zero-order valence-electron chi connectivity index (χ0n) is 27.1. The predicted molar refractivity (Wildman–Crippen MR) is 171 cm³/mol. The van der Waals surface area contributed by atoms with Crippen LogP contribution in [0.25, 0.3) is 0 Å². The van der Waals surface area contributed by atoms with Crippen molar-refractivity contribution in [3.63, 3.8) is 0 Å². The molecule has 0 radical (unpaired) electrons. The monoisotopic (exact) mass is 612 g/mol. The van der Waals surface area contributed by atoms with Crippen molar-refractivity contribution >= 4 is 11.6 Å². The van der Waals surface area contributed by atoms with Crippen molar-refractivity contribution in [2.24, 2.45) is 0 Å². The number of fused-ring (bicyclic) bond motifs is 1. The lowest BCUT2D eigenvalue weighted by atomic mass is 9.79. The molecule has 4 rings (SSSR count). The van der Waals surface area contributed by atoms with E-state index in [2.05, 4.69) is 47.4 Å². The third kappa shape index (κ3) is 9.65.